The molecule has 0 unspecified atom stereocenters. The van der Waals surface area contributed by atoms with Gasteiger partial charge >= 0.3 is 0 Å². The Bertz CT molecular complexity index is 3210. The summed E-state index contributed by atoms with van der Waals surface area (Å²) in [5, 5.41) is 12.7. The van der Waals surface area contributed by atoms with Gasteiger partial charge in [0, 0.05) is 42.0 Å². The number of nitrogens with zero attached hydrogens (tertiary/aromatic N) is 1. The summed E-state index contributed by atoms with van der Waals surface area (Å²) in [6.45, 7) is 0. The minimum absolute atomic E-state index is 1.12. The molecule has 0 aliphatic carbocycles. The molecule has 10 aromatic carbocycles. The first-order valence-corrected chi connectivity index (χ1v) is 19.3. The van der Waals surface area contributed by atoms with Gasteiger partial charge in [-0.05, 0) is 85.6 Å². The van der Waals surface area contributed by atoms with Gasteiger partial charge in [-0.25, -0.2) is 0 Å². The number of hydrogen-bond acceptors (Lipinski definition) is 2. The first kappa shape index (κ1) is 30.8. The van der Waals surface area contributed by atoms with Gasteiger partial charge in [-0.15, -0.1) is 11.3 Å². The van der Waals surface area contributed by atoms with E-state index < -0.39 is 0 Å². The van der Waals surface area contributed by atoms with Crippen LogP contribution in [0.4, 0.5) is 17.1 Å². The Hall–Kier alpha value is -6.74. The number of fused-ring (bicyclic) bond motifs is 9. The van der Waals surface area contributed by atoms with Gasteiger partial charge in [-0.1, -0.05) is 164 Å². The summed E-state index contributed by atoms with van der Waals surface area (Å²) in [4.78, 5) is 2.47. The average Bonchev–Trinajstić information content (AvgIpc) is 3.64. The van der Waals surface area contributed by atoms with Crippen LogP contribution in [0.2, 0.25) is 0 Å². The fourth-order valence-corrected chi connectivity index (χ4v) is 9.78. The lowest BCUT2D eigenvalue weighted by Crippen LogP contribution is -2.11. The van der Waals surface area contributed by atoms with Gasteiger partial charge in [0.25, 0.3) is 0 Å². The minimum Gasteiger partial charge on any atom is -0.309 e. The Morgan fingerprint density at radius 2 is 0.870 bits per heavy atom. The maximum atomic E-state index is 2.47. The van der Waals surface area contributed by atoms with E-state index in [2.05, 4.69) is 205 Å². The second-order valence-electron chi connectivity index (χ2n) is 14.0. The van der Waals surface area contributed by atoms with E-state index in [1.165, 1.54) is 85.5 Å². The molecule has 0 saturated heterocycles. The SMILES string of the molecule is c1ccc(-c2ccc(N(c3ccc(-c4cc5ccccc5c5ccccc45)c4ccccc34)c3cccc4c3ccc3c5ccccc5sc43)cc2)cc1. The van der Waals surface area contributed by atoms with Crippen LogP contribution in [0.15, 0.2) is 200 Å². The van der Waals surface area contributed by atoms with Gasteiger partial charge in [0.1, 0.15) is 0 Å². The van der Waals surface area contributed by atoms with Crippen molar-refractivity contribution in [1.82, 2.24) is 0 Å². The molecule has 11 rings (SSSR count). The molecule has 0 aliphatic heterocycles. The van der Waals surface area contributed by atoms with Crippen LogP contribution in [0, 0.1) is 0 Å². The third-order valence-corrected chi connectivity index (χ3v) is 12.3. The van der Waals surface area contributed by atoms with Crippen molar-refractivity contribution in [1.29, 1.82) is 0 Å². The molecule has 1 aromatic heterocycles. The van der Waals surface area contributed by atoms with E-state index >= 15 is 0 Å². The summed E-state index contributed by atoms with van der Waals surface area (Å²) in [5.74, 6) is 0. The number of anilines is 3. The zero-order valence-electron chi connectivity index (χ0n) is 29.4. The molecule has 0 atom stereocenters. The summed E-state index contributed by atoms with van der Waals surface area (Å²) in [5.41, 5.74) is 8.33. The Balaban J connectivity index is 1.17. The van der Waals surface area contributed by atoms with Crippen LogP contribution < -0.4 is 4.90 Å². The molecule has 54 heavy (non-hydrogen) atoms. The van der Waals surface area contributed by atoms with Gasteiger partial charge in [-0.2, -0.15) is 0 Å². The molecule has 0 saturated carbocycles. The van der Waals surface area contributed by atoms with E-state index in [9.17, 15) is 0 Å². The van der Waals surface area contributed by atoms with Gasteiger partial charge < -0.3 is 4.90 Å². The Morgan fingerprint density at radius 3 is 1.69 bits per heavy atom. The van der Waals surface area contributed by atoms with Crippen LogP contribution in [-0.4, -0.2) is 0 Å². The summed E-state index contributed by atoms with van der Waals surface area (Å²) in [7, 11) is 0. The number of benzene rings is 10. The zero-order chi connectivity index (χ0) is 35.6. The molecule has 0 N–H and O–H groups in total. The highest BCUT2D eigenvalue weighted by atomic mass is 32.1. The lowest BCUT2D eigenvalue weighted by molar-refractivity contribution is 1.31. The van der Waals surface area contributed by atoms with E-state index in [4.69, 9.17) is 0 Å². The van der Waals surface area contributed by atoms with E-state index in [1.807, 2.05) is 11.3 Å². The second kappa shape index (κ2) is 12.4. The molecule has 1 heterocycles. The van der Waals surface area contributed by atoms with Crippen LogP contribution in [0.25, 0.3) is 85.5 Å². The van der Waals surface area contributed by atoms with E-state index in [1.54, 1.807) is 0 Å². The normalized spacial score (nSPS) is 11.7. The maximum Gasteiger partial charge on any atom is 0.0540 e. The smallest absolute Gasteiger partial charge is 0.0540 e. The molecule has 0 aliphatic rings. The average molecular weight is 704 g/mol. The van der Waals surface area contributed by atoms with Crippen molar-refractivity contribution >= 4 is 91.7 Å². The summed E-state index contributed by atoms with van der Waals surface area (Å²) < 4.78 is 2.65. The van der Waals surface area contributed by atoms with Gasteiger partial charge in [0.05, 0.1) is 11.4 Å². The van der Waals surface area contributed by atoms with E-state index in [-0.39, 0.29) is 0 Å². The third kappa shape index (κ3) is 4.85. The first-order chi connectivity index (χ1) is 26.8. The largest absolute Gasteiger partial charge is 0.309 e. The number of rotatable bonds is 5. The van der Waals surface area contributed by atoms with Crippen molar-refractivity contribution < 1.29 is 0 Å². The molecular formula is C52H33NS. The molecule has 252 valence electrons. The fourth-order valence-electron chi connectivity index (χ4n) is 8.55. The second-order valence-corrected chi connectivity index (χ2v) is 15.1. The van der Waals surface area contributed by atoms with Gasteiger partial charge in [0.2, 0.25) is 0 Å². The van der Waals surface area contributed by atoms with E-state index in [0.717, 1.165) is 17.1 Å². The number of thiophene rings is 1. The van der Waals surface area contributed by atoms with Crippen molar-refractivity contribution in [3.05, 3.63) is 200 Å². The molecule has 11 aromatic rings. The zero-order valence-corrected chi connectivity index (χ0v) is 30.2. The molecule has 1 nitrogen and oxygen atoms in total. The predicted molar refractivity (Wildman–Crippen MR) is 235 cm³/mol. The van der Waals surface area contributed by atoms with Crippen LogP contribution in [-0.2, 0) is 0 Å². The molecule has 0 fully saturated rings. The van der Waals surface area contributed by atoms with Crippen molar-refractivity contribution in [3.8, 4) is 22.3 Å². The van der Waals surface area contributed by atoms with Gasteiger partial charge in [-0.3, -0.25) is 0 Å². The number of hydrogen-bond donors (Lipinski definition) is 0. The van der Waals surface area contributed by atoms with Crippen LogP contribution in [0.1, 0.15) is 0 Å². The van der Waals surface area contributed by atoms with Crippen molar-refractivity contribution in [2.75, 3.05) is 4.90 Å². The van der Waals surface area contributed by atoms with E-state index in [0.29, 0.717) is 0 Å². The molecule has 0 radical (unpaired) electrons. The summed E-state index contributed by atoms with van der Waals surface area (Å²) in [6.07, 6.45) is 0. The Morgan fingerprint density at radius 1 is 0.315 bits per heavy atom. The Labute approximate surface area is 317 Å². The standard InChI is InChI=1S/C52H33NS/c1-2-13-34(14-3-1)35-25-27-37(28-26-35)53(49-23-12-22-46-44(49)29-30-47-45-21-10-11-24-51(45)54-52(46)47)50-32-31-42(40-18-8-9-20-43(40)50)48-33-36-15-4-5-16-38(36)39-17-6-7-19-41(39)48/h1-33H. The quantitative estimate of drug-likeness (QED) is 0.161. The third-order valence-electron chi connectivity index (χ3n) is 11.1. The van der Waals surface area contributed by atoms with Crippen molar-refractivity contribution in [2.45, 2.75) is 0 Å². The molecular weight excluding hydrogens is 671 g/mol. The van der Waals surface area contributed by atoms with Crippen molar-refractivity contribution in [2.24, 2.45) is 0 Å². The summed E-state index contributed by atoms with van der Waals surface area (Å²) in [6, 6.07) is 73.5. The minimum atomic E-state index is 1.12. The van der Waals surface area contributed by atoms with Crippen LogP contribution >= 0.6 is 11.3 Å². The summed E-state index contributed by atoms with van der Waals surface area (Å²) >= 11 is 1.89. The van der Waals surface area contributed by atoms with Crippen LogP contribution in [0.5, 0.6) is 0 Å². The molecule has 0 spiro atoms. The monoisotopic (exact) mass is 703 g/mol. The predicted octanol–water partition coefficient (Wildman–Crippen LogP) is 15.5. The molecule has 0 amide bonds. The van der Waals surface area contributed by atoms with Crippen LogP contribution in [0.3, 0.4) is 0 Å². The maximum absolute atomic E-state index is 2.47. The lowest BCUT2D eigenvalue weighted by atomic mass is 9.90. The fraction of sp³-hybridized carbons (Fsp3) is 0. The van der Waals surface area contributed by atoms with Crippen molar-refractivity contribution in [3.63, 3.8) is 0 Å². The highest BCUT2D eigenvalue weighted by Gasteiger charge is 2.21. The molecule has 0 bridgehead atoms. The first-order valence-electron chi connectivity index (χ1n) is 18.5. The highest BCUT2D eigenvalue weighted by molar-refractivity contribution is 7.26. The van der Waals surface area contributed by atoms with Gasteiger partial charge in [0.15, 0.2) is 0 Å². The Kier molecular flexibility index (Phi) is 7.11. The molecule has 2 heteroatoms. The lowest BCUT2D eigenvalue weighted by Gasteiger charge is -2.29. The topological polar surface area (TPSA) is 3.24 Å². The highest BCUT2D eigenvalue weighted by Crippen LogP contribution is 2.48.